The second-order valence-electron chi connectivity index (χ2n) is 9.83. The first kappa shape index (κ1) is 17.0. The number of aliphatic hydroxyl groups is 3. The van der Waals surface area contributed by atoms with Gasteiger partial charge in [0.15, 0.2) is 0 Å². The molecule has 0 amide bonds. The van der Waals surface area contributed by atoms with Gasteiger partial charge in [0, 0.05) is 12.0 Å². The van der Waals surface area contributed by atoms with E-state index < -0.39 is 22.7 Å². The van der Waals surface area contributed by atoms with Gasteiger partial charge in [-0.15, -0.1) is 6.58 Å². The highest BCUT2D eigenvalue weighted by Crippen LogP contribution is 2.74. The van der Waals surface area contributed by atoms with E-state index in [0.29, 0.717) is 12.8 Å². The van der Waals surface area contributed by atoms with Gasteiger partial charge >= 0.3 is 0 Å². The molecule has 4 heteroatoms. The zero-order valence-electron chi connectivity index (χ0n) is 15.2. The monoisotopic (exact) mass is 336 g/mol. The highest BCUT2D eigenvalue weighted by molar-refractivity contribution is 5.32. The van der Waals surface area contributed by atoms with Gasteiger partial charge in [0.05, 0.1) is 12.2 Å². The van der Waals surface area contributed by atoms with E-state index in [0.717, 1.165) is 25.7 Å². The van der Waals surface area contributed by atoms with Crippen LogP contribution >= 0.6 is 0 Å². The third kappa shape index (κ3) is 1.69. The first-order valence-electron chi connectivity index (χ1n) is 9.44. The number of ether oxygens (including phenoxy) is 1. The van der Waals surface area contributed by atoms with Crippen LogP contribution in [-0.2, 0) is 4.74 Å². The van der Waals surface area contributed by atoms with Crippen LogP contribution in [0.15, 0.2) is 12.7 Å². The summed E-state index contributed by atoms with van der Waals surface area (Å²) in [5, 5.41) is 33.0. The van der Waals surface area contributed by atoms with Gasteiger partial charge < -0.3 is 20.1 Å². The van der Waals surface area contributed by atoms with E-state index >= 15 is 0 Å². The maximum absolute atomic E-state index is 12.0. The number of fused-ring (bicyclic) bond motifs is 2. The van der Waals surface area contributed by atoms with Gasteiger partial charge in [-0.05, 0) is 55.3 Å². The van der Waals surface area contributed by atoms with Crippen molar-refractivity contribution in [2.45, 2.75) is 82.7 Å². The minimum absolute atomic E-state index is 0.0237. The molecule has 4 rings (SSSR count). The van der Waals surface area contributed by atoms with E-state index in [9.17, 15) is 15.3 Å². The summed E-state index contributed by atoms with van der Waals surface area (Å²) in [4.78, 5) is 0. The van der Waals surface area contributed by atoms with Crippen LogP contribution in [0.4, 0.5) is 0 Å². The third-order valence-corrected chi connectivity index (χ3v) is 8.68. The molecule has 3 N–H and O–H groups in total. The summed E-state index contributed by atoms with van der Waals surface area (Å²) in [6.07, 6.45) is 5.99. The largest absolute Gasteiger partial charge is 0.396 e. The Kier molecular flexibility index (Phi) is 3.29. The molecule has 4 aliphatic rings. The second kappa shape index (κ2) is 4.64. The van der Waals surface area contributed by atoms with Crippen LogP contribution in [0.3, 0.4) is 0 Å². The number of allylic oxidation sites excluding steroid dienone is 1. The first-order valence-corrected chi connectivity index (χ1v) is 9.44. The van der Waals surface area contributed by atoms with Crippen LogP contribution < -0.4 is 0 Å². The highest BCUT2D eigenvalue weighted by Gasteiger charge is 2.82. The lowest BCUT2D eigenvalue weighted by atomic mass is 9.40. The van der Waals surface area contributed by atoms with Crippen molar-refractivity contribution >= 4 is 0 Å². The summed E-state index contributed by atoms with van der Waals surface area (Å²) in [6.45, 7) is 10.4. The van der Waals surface area contributed by atoms with E-state index in [1.165, 1.54) is 0 Å². The average Bonchev–Trinajstić information content (AvgIpc) is 3.26. The molecule has 4 nitrogen and oxygen atoms in total. The van der Waals surface area contributed by atoms with E-state index in [4.69, 9.17) is 4.74 Å². The van der Waals surface area contributed by atoms with E-state index in [1.807, 2.05) is 13.0 Å². The van der Waals surface area contributed by atoms with E-state index in [-0.39, 0.29) is 29.5 Å². The van der Waals surface area contributed by atoms with E-state index in [2.05, 4.69) is 20.4 Å². The Morgan fingerprint density at radius 3 is 2.54 bits per heavy atom. The summed E-state index contributed by atoms with van der Waals surface area (Å²) in [5.41, 5.74) is -2.51. The summed E-state index contributed by atoms with van der Waals surface area (Å²) in [7, 11) is 0. The number of rotatable bonds is 2. The van der Waals surface area contributed by atoms with Gasteiger partial charge in [0.25, 0.3) is 0 Å². The molecule has 1 heterocycles. The quantitative estimate of drug-likeness (QED) is 0.535. The normalized spacial score (nSPS) is 62.2. The van der Waals surface area contributed by atoms with Crippen molar-refractivity contribution < 1.29 is 20.1 Å². The molecule has 1 unspecified atom stereocenters. The molecule has 0 radical (unpaired) electrons. The van der Waals surface area contributed by atoms with Gasteiger partial charge in [0.1, 0.15) is 11.2 Å². The van der Waals surface area contributed by atoms with Crippen LogP contribution in [0.1, 0.15) is 59.3 Å². The zero-order chi connectivity index (χ0) is 17.6. The van der Waals surface area contributed by atoms with Crippen molar-refractivity contribution in [3.05, 3.63) is 12.7 Å². The smallest absolute Gasteiger partial charge is 0.125 e. The Labute approximate surface area is 144 Å². The van der Waals surface area contributed by atoms with Gasteiger partial charge in [-0.2, -0.15) is 0 Å². The Hall–Kier alpha value is -0.420. The molecule has 1 aliphatic heterocycles. The maximum Gasteiger partial charge on any atom is 0.125 e. The predicted octanol–water partition coefficient (Wildman–Crippen LogP) is 2.41. The van der Waals surface area contributed by atoms with Crippen LogP contribution in [0.25, 0.3) is 0 Å². The fourth-order valence-electron chi connectivity index (χ4n) is 6.78. The molecule has 0 aromatic heterocycles. The first-order chi connectivity index (χ1) is 11.1. The molecular weight excluding hydrogens is 304 g/mol. The molecule has 24 heavy (non-hydrogen) atoms. The highest BCUT2D eigenvalue weighted by atomic mass is 16.6. The van der Waals surface area contributed by atoms with Crippen molar-refractivity contribution in [3.8, 4) is 0 Å². The average molecular weight is 336 g/mol. The Morgan fingerprint density at radius 1 is 1.21 bits per heavy atom. The molecule has 3 aliphatic carbocycles. The lowest BCUT2D eigenvalue weighted by Gasteiger charge is -2.65. The van der Waals surface area contributed by atoms with Crippen molar-refractivity contribution in [1.82, 2.24) is 0 Å². The zero-order valence-corrected chi connectivity index (χ0v) is 15.2. The number of hydrogen-bond acceptors (Lipinski definition) is 4. The standard InChI is InChI=1S/C20H32O4/c1-5-16(2)8-9-20(23)18(4)13(10-15-19(20,11-16)24-15)17(3,12-21)7-6-14(18)22/h5,13-15,21-23H,1,6-12H2,2-4H3/t13?,14-,15+,16+,17+,18-,19+,20-/m0/s1. The van der Waals surface area contributed by atoms with Gasteiger partial charge in [0.2, 0.25) is 0 Å². The van der Waals surface area contributed by atoms with Crippen LogP contribution in [0, 0.1) is 22.2 Å². The molecule has 0 aromatic carbocycles. The van der Waals surface area contributed by atoms with Crippen molar-refractivity contribution in [1.29, 1.82) is 0 Å². The Morgan fingerprint density at radius 2 is 1.92 bits per heavy atom. The maximum atomic E-state index is 12.0. The summed E-state index contributed by atoms with van der Waals surface area (Å²) < 4.78 is 6.22. The SMILES string of the molecule is C=C[C@]1(C)CC[C@]2(O)[C@@]3(C)C(C[C@H]4O[C@]42C1)[C@@](C)(CO)CC[C@@H]3O. The Balaban J connectivity index is 1.81. The summed E-state index contributed by atoms with van der Waals surface area (Å²) in [6, 6.07) is 0. The Bertz CT molecular complexity index is 578. The van der Waals surface area contributed by atoms with Gasteiger partial charge in [-0.25, -0.2) is 0 Å². The van der Waals surface area contributed by atoms with Crippen molar-refractivity contribution in [3.63, 3.8) is 0 Å². The molecule has 1 saturated heterocycles. The molecule has 1 spiro atoms. The molecule has 0 aromatic rings. The molecule has 3 saturated carbocycles. The van der Waals surface area contributed by atoms with E-state index in [1.54, 1.807) is 0 Å². The van der Waals surface area contributed by atoms with Crippen molar-refractivity contribution in [2.75, 3.05) is 6.61 Å². The second-order valence-corrected chi connectivity index (χ2v) is 9.83. The molecule has 0 bridgehead atoms. The number of aliphatic hydroxyl groups excluding tert-OH is 2. The number of hydrogen-bond donors (Lipinski definition) is 3. The lowest BCUT2D eigenvalue weighted by Crippen LogP contribution is -2.73. The van der Waals surface area contributed by atoms with Gasteiger partial charge in [-0.3, -0.25) is 0 Å². The molecule has 8 atom stereocenters. The van der Waals surface area contributed by atoms with Crippen LogP contribution in [-0.4, -0.2) is 45.3 Å². The van der Waals surface area contributed by atoms with Crippen molar-refractivity contribution in [2.24, 2.45) is 22.2 Å². The lowest BCUT2D eigenvalue weighted by molar-refractivity contribution is -0.264. The van der Waals surface area contributed by atoms with Crippen LogP contribution in [0.5, 0.6) is 0 Å². The van der Waals surface area contributed by atoms with Gasteiger partial charge in [-0.1, -0.05) is 26.8 Å². The summed E-state index contributed by atoms with van der Waals surface area (Å²) in [5.74, 6) is 0.0671. The summed E-state index contributed by atoms with van der Waals surface area (Å²) >= 11 is 0. The third-order valence-electron chi connectivity index (χ3n) is 8.68. The fourth-order valence-corrected chi connectivity index (χ4v) is 6.78. The predicted molar refractivity (Wildman–Crippen MR) is 91.4 cm³/mol. The molecular formula is C20H32O4. The van der Waals surface area contributed by atoms with Crippen LogP contribution in [0.2, 0.25) is 0 Å². The fraction of sp³-hybridized carbons (Fsp3) is 0.900. The minimum atomic E-state index is -1.04. The number of epoxide rings is 1. The molecule has 136 valence electrons. The topological polar surface area (TPSA) is 73.2 Å². The molecule has 4 fully saturated rings. The minimum Gasteiger partial charge on any atom is -0.396 e.